The predicted octanol–water partition coefficient (Wildman–Crippen LogP) is 2.55. The van der Waals surface area contributed by atoms with Gasteiger partial charge in [0.15, 0.2) is 0 Å². The van der Waals surface area contributed by atoms with Crippen LogP contribution in [0.3, 0.4) is 0 Å². The Labute approximate surface area is 96.5 Å². The molecule has 0 aromatic carbocycles. The molecule has 4 nitrogen and oxygen atoms in total. The molecule has 2 aromatic heterocycles. The van der Waals surface area contributed by atoms with Crippen LogP contribution in [0.1, 0.15) is 25.6 Å². The van der Waals surface area contributed by atoms with E-state index in [4.69, 9.17) is 0 Å². The zero-order valence-electron chi connectivity index (χ0n) is 8.55. The topological polar surface area (TPSA) is 43.6 Å². The first-order valence-corrected chi connectivity index (χ1v) is 5.49. The second-order valence-corrected chi connectivity index (χ2v) is 4.34. The Hall–Kier alpha value is -1.23. The summed E-state index contributed by atoms with van der Waals surface area (Å²) in [6.45, 7) is 4.14. The molecule has 0 unspecified atom stereocenters. The molecule has 0 spiro atoms. The number of imidazole rings is 1. The molecule has 0 saturated carbocycles. The third-order valence-electron chi connectivity index (χ3n) is 1.98. The first-order chi connectivity index (χ1) is 7.16. The minimum absolute atomic E-state index is 0.310. The molecular weight excluding hydrogens is 256 g/mol. The van der Waals surface area contributed by atoms with Crippen molar-refractivity contribution in [2.45, 2.75) is 19.8 Å². The molecule has 2 rings (SSSR count). The van der Waals surface area contributed by atoms with Gasteiger partial charge in [0.1, 0.15) is 22.6 Å². The summed E-state index contributed by atoms with van der Waals surface area (Å²) in [4.78, 5) is 12.8. The largest absolute Gasteiger partial charge is 0.290 e. The zero-order chi connectivity index (χ0) is 10.8. The lowest BCUT2D eigenvalue weighted by Gasteiger charge is -2.07. The Morgan fingerprint density at radius 1 is 1.33 bits per heavy atom. The van der Waals surface area contributed by atoms with E-state index in [2.05, 4.69) is 44.7 Å². The Balaban J connectivity index is 2.49. The fourth-order valence-corrected chi connectivity index (χ4v) is 1.59. The van der Waals surface area contributed by atoms with Crippen molar-refractivity contribution in [3.63, 3.8) is 0 Å². The SMILES string of the molecule is CC(C)c1nc(Br)cc(-n2ccnc2)n1. The molecule has 0 radical (unpaired) electrons. The van der Waals surface area contributed by atoms with Crippen molar-refractivity contribution in [3.05, 3.63) is 35.2 Å². The van der Waals surface area contributed by atoms with Crippen molar-refractivity contribution in [2.75, 3.05) is 0 Å². The molecule has 2 heterocycles. The Morgan fingerprint density at radius 2 is 2.13 bits per heavy atom. The van der Waals surface area contributed by atoms with E-state index in [0.29, 0.717) is 5.92 Å². The Bertz CT molecular complexity index is 450. The Morgan fingerprint density at radius 3 is 2.73 bits per heavy atom. The highest BCUT2D eigenvalue weighted by atomic mass is 79.9. The van der Waals surface area contributed by atoms with Crippen LogP contribution in [0.15, 0.2) is 29.4 Å². The maximum atomic E-state index is 4.46. The van der Waals surface area contributed by atoms with Gasteiger partial charge in [0.05, 0.1) is 0 Å². The lowest BCUT2D eigenvalue weighted by molar-refractivity contribution is 0.757. The third-order valence-corrected chi connectivity index (χ3v) is 2.39. The first-order valence-electron chi connectivity index (χ1n) is 4.69. The van der Waals surface area contributed by atoms with Gasteiger partial charge in [-0.2, -0.15) is 0 Å². The second-order valence-electron chi connectivity index (χ2n) is 3.53. The quantitative estimate of drug-likeness (QED) is 0.785. The van der Waals surface area contributed by atoms with Crippen LogP contribution in [-0.4, -0.2) is 19.5 Å². The monoisotopic (exact) mass is 266 g/mol. The molecule has 0 aliphatic rings. The van der Waals surface area contributed by atoms with Gasteiger partial charge in [0.2, 0.25) is 0 Å². The van der Waals surface area contributed by atoms with Gasteiger partial charge < -0.3 is 0 Å². The molecule has 0 aliphatic heterocycles. The molecule has 2 aromatic rings. The van der Waals surface area contributed by atoms with Gasteiger partial charge >= 0.3 is 0 Å². The summed E-state index contributed by atoms with van der Waals surface area (Å²) in [6, 6.07) is 1.87. The number of halogens is 1. The van der Waals surface area contributed by atoms with Crippen molar-refractivity contribution in [1.82, 2.24) is 19.5 Å². The number of nitrogens with zero attached hydrogens (tertiary/aromatic N) is 4. The van der Waals surface area contributed by atoms with Crippen molar-refractivity contribution in [3.8, 4) is 5.82 Å². The number of aromatic nitrogens is 4. The molecule has 0 fully saturated rings. The van der Waals surface area contributed by atoms with E-state index < -0.39 is 0 Å². The molecule has 0 N–H and O–H groups in total. The summed E-state index contributed by atoms with van der Waals surface area (Å²) in [5, 5.41) is 0. The standard InChI is InChI=1S/C10H11BrN4/c1-7(2)10-13-8(11)5-9(14-10)15-4-3-12-6-15/h3-7H,1-2H3. The highest BCUT2D eigenvalue weighted by Crippen LogP contribution is 2.16. The van der Waals surface area contributed by atoms with Gasteiger partial charge in [-0.1, -0.05) is 13.8 Å². The minimum atomic E-state index is 0.310. The van der Waals surface area contributed by atoms with Crippen LogP contribution in [0.2, 0.25) is 0 Å². The number of hydrogen-bond acceptors (Lipinski definition) is 3. The van der Waals surface area contributed by atoms with Crippen LogP contribution in [0.25, 0.3) is 5.82 Å². The lowest BCUT2D eigenvalue weighted by atomic mass is 10.2. The average molecular weight is 267 g/mol. The van der Waals surface area contributed by atoms with E-state index in [1.807, 2.05) is 16.8 Å². The molecule has 15 heavy (non-hydrogen) atoms. The van der Waals surface area contributed by atoms with Gasteiger partial charge in [-0.3, -0.25) is 4.57 Å². The van der Waals surface area contributed by atoms with Crippen LogP contribution in [-0.2, 0) is 0 Å². The van der Waals surface area contributed by atoms with Crippen LogP contribution >= 0.6 is 15.9 Å². The molecule has 78 valence electrons. The summed E-state index contributed by atoms with van der Waals surface area (Å²) in [5.41, 5.74) is 0. The molecule has 0 saturated heterocycles. The summed E-state index contributed by atoms with van der Waals surface area (Å²) in [5.74, 6) is 1.97. The predicted molar refractivity (Wildman–Crippen MR) is 60.9 cm³/mol. The molecular formula is C10H11BrN4. The molecule has 0 bridgehead atoms. The van der Waals surface area contributed by atoms with Crippen molar-refractivity contribution in [1.29, 1.82) is 0 Å². The Kier molecular flexibility index (Phi) is 2.81. The van der Waals surface area contributed by atoms with E-state index in [0.717, 1.165) is 16.2 Å². The van der Waals surface area contributed by atoms with E-state index in [-0.39, 0.29) is 0 Å². The maximum Gasteiger partial charge on any atom is 0.142 e. The van der Waals surface area contributed by atoms with Crippen LogP contribution in [0.5, 0.6) is 0 Å². The lowest BCUT2D eigenvalue weighted by Crippen LogP contribution is -2.03. The van der Waals surface area contributed by atoms with Gasteiger partial charge in [-0.05, 0) is 15.9 Å². The second kappa shape index (κ2) is 4.10. The van der Waals surface area contributed by atoms with Gasteiger partial charge in [0, 0.05) is 24.4 Å². The van der Waals surface area contributed by atoms with Gasteiger partial charge in [-0.15, -0.1) is 0 Å². The van der Waals surface area contributed by atoms with Crippen molar-refractivity contribution < 1.29 is 0 Å². The first kappa shape index (κ1) is 10.3. The summed E-state index contributed by atoms with van der Waals surface area (Å²) >= 11 is 3.38. The fraction of sp³-hybridized carbons (Fsp3) is 0.300. The molecule has 5 heteroatoms. The zero-order valence-corrected chi connectivity index (χ0v) is 10.1. The highest BCUT2D eigenvalue weighted by molar-refractivity contribution is 9.10. The van der Waals surface area contributed by atoms with Crippen LogP contribution < -0.4 is 0 Å². The fourth-order valence-electron chi connectivity index (χ4n) is 1.21. The van der Waals surface area contributed by atoms with Crippen LogP contribution in [0, 0.1) is 0 Å². The van der Waals surface area contributed by atoms with Crippen LogP contribution in [0.4, 0.5) is 0 Å². The molecule has 0 amide bonds. The maximum absolute atomic E-state index is 4.46. The third kappa shape index (κ3) is 2.23. The van der Waals surface area contributed by atoms with Gasteiger partial charge in [-0.25, -0.2) is 15.0 Å². The number of hydrogen-bond donors (Lipinski definition) is 0. The number of rotatable bonds is 2. The normalized spacial score (nSPS) is 10.9. The van der Waals surface area contributed by atoms with E-state index in [1.54, 1.807) is 12.5 Å². The average Bonchev–Trinajstić information content (AvgIpc) is 2.69. The summed E-state index contributed by atoms with van der Waals surface area (Å²) in [7, 11) is 0. The summed E-state index contributed by atoms with van der Waals surface area (Å²) in [6.07, 6.45) is 5.31. The van der Waals surface area contributed by atoms with Crippen molar-refractivity contribution >= 4 is 15.9 Å². The minimum Gasteiger partial charge on any atom is -0.290 e. The van der Waals surface area contributed by atoms with Crippen molar-refractivity contribution in [2.24, 2.45) is 0 Å². The van der Waals surface area contributed by atoms with Gasteiger partial charge in [0.25, 0.3) is 0 Å². The van der Waals surface area contributed by atoms with E-state index >= 15 is 0 Å². The smallest absolute Gasteiger partial charge is 0.142 e. The summed E-state index contributed by atoms with van der Waals surface area (Å²) < 4.78 is 2.66. The van der Waals surface area contributed by atoms with E-state index in [1.165, 1.54) is 0 Å². The molecule has 0 aliphatic carbocycles. The van der Waals surface area contributed by atoms with E-state index in [9.17, 15) is 0 Å². The highest BCUT2D eigenvalue weighted by Gasteiger charge is 2.07. The molecule has 0 atom stereocenters.